The van der Waals surface area contributed by atoms with Gasteiger partial charge in [0.1, 0.15) is 11.6 Å². The summed E-state index contributed by atoms with van der Waals surface area (Å²) in [5, 5.41) is 0.840. The quantitative estimate of drug-likeness (QED) is 0.777. The molecule has 0 atom stereocenters. The summed E-state index contributed by atoms with van der Waals surface area (Å²) in [7, 11) is 0. The van der Waals surface area contributed by atoms with Crippen LogP contribution in [-0.4, -0.2) is 16.5 Å². The average molecular weight is 191 g/mol. The van der Waals surface area contributed by atoms with Crippen LogP contribution in [-0.2, 0) is 6.42 Å². The van der Waals surface area contributed by atoms with Crippen LogP contribution in [0.5, 0.6) is 0 Å². The molecule has 0 radical (unpaired) electrons. The minimum Gasteiger partial charge on any atom is -0.330 e. The molecule has 1 heterocycles. The van der Waals surface area contributed by atoms with Crippen LogP contribution in [0.4, 0.5) is 4.39 Å². The Kier molecular flexibility index (Phi) is 2.37. The van der Waals surface area contributed by atoms with E-state index in [1.54, 1.807) is 12.3 Å². The maximum absolute atomic E-state index is 12.9. The molecule has 0 aliphatic heterocycles. The molecule has 2 aromatic rings. The van der Waals surface area contributed by atoms with Crippen molar-refractivity contribution in [2.45, 2.75) is 6.42 Å². The van der Waals surface area contributed by atoms with Crippen molar-refractivity contribution in [3.05, 3.63) is 36.0 Å². The lowest BCUT2D eigenvalue weighted by molar-refractivity contribution is 0.629. The molecule has 2 N–H and O–H groups in total. The van der Waals surface area contributed by atoms with Crippen LogP contribution in [0.1, 0.15) is 5.82 Å². The Balaban J connectivity index is 2.52. The summed E-state index contributed by atoms with van der Waals surface area (Å²) in [4.78, 5) is 8.31. The number of benzene rings is 1. The first-order chi connectivity index (χ1) is 6.79. The van der Waals surface area contributed by atoms with Gasteiger partial charge in [0.05, 0.1) is 5.52 Å². The Hall–Kier alpha value is -1.55. The summed E-state index contributed by atoms with van der Waals surface area (Å²) in [6.45, 7) is 0.501. The van der Waals surface area contributed by atoms with Crippen molar-refractivity contribution >= 4 is 10.9 Å². The van der Waals surface area contributed by atoms with Gasteiger partial charge < -0.3 is 5.73 Å². The first kappa shape index (κ1) is 9.02. The molecule has 1 aromatic carbocycles. The zero-order chi connectivity index (χ0) is 9.97. The zero-order valence-corrected chi connectivity index (χ0v) is 7.57. The number of nitrogens with zero attached hydrogens (tertiary/aromatic N) is 2. The van der Waals surface area contributed by atoms with Gasteiger partial charge in [0, 0.05) is 24.1 Å². The van der Waals surface area contributed by atoms with Crippen LogP contribution in [0.25, 0.3) is 10.9 Å². The van der Waals surface area contributed by atoms with Crippen LogP contribution in [0.15, 0.2) is 24.4 Å². The van der Waals surface area contributed by atoms with E-state index in [1.807, 2.05) is 0 Å². The van der Waals surface area contributed by atoms with Crippen molar-refractivity contribution in [1.29, 1.82) is 0 Å². The lowest BCUT2D eigenvalue weighted by atomic mass is 10.2. The van der Waals surface area contributed by atoms with Crippen LogP contribution < -0.4 is 5.73 Å². The van der Waals surface area contributed by atoms with Crippen molar-refractivity contribution in [3.63, 3.8) is 0 Å². The highest BCUT2D eigenvalue weighted by atomic mass is 19.1. The van der Waals surface area contributed by atoms with Crippen LogP contribution in [0, 0.1) is 5.82 Å². The van der Waals surface area contributed by atoms with E-state index in [0.29, 0.717) is 24.3 Å². The molecule has 0 spiro atoms. The third-order valence-corrected chi connectivity index (χ3v) is 1.96. The highest BCUT2D eigenvalue weighted by Crippen LogP contribution is 2.12. The van der Waals surface area contributed by atoms with Gasteiger partial charge in [0.25, 0.3) is 0 Å². The van der Waals surface area contributed by atoms with Gasteiger partial charge in [-0.25, -0.2) is 14.4 Å². The third-order valence-electron chi connectivity index (χ3n) is 1.96. The number of fused-ring (bicyclic) bond motifs is 1. The summed E-state index contributed by atoms with van der Waals surface area (Å²) < 4.78 is 12.9. The smallest absolute Gasteiger partial charge is 0.130 e. The molecule has 14 heavy (non-hydrogen) atoms. The second-order valence-electron chi connectivity index (χ2n) is 3.03. The molecule has 0 saturated heterocycles. The van der Waals surface area contributed by atoms with Crippen LogP contribution in [0.2, 0.25) is 0 Å². The summed E-state index contributed by atoms with van der Waals surface area (Å²) >= 11 is 0. The van der Waals surface area contributed by atoms with E-state index in [9.17, 15) is 4.39 Å². The SMILES string of the molecule is NCCc1ncc2ccc(F)cc2n1. The molecule has 0 aliphatic carbocycles. The number of rotatable bonds is 2. The monoisotopic (exact) mass is 191 g/mol. The molecule has 0 amide bonds. The zero-order valence-electron chi connectivity index (χ0n) is 7.57. The van der Waals surface area contributed by atoms with Crippen molar-refractivity contribution in [3.8, 4) is 0 Å². The Morgan fingerprint density at radius 2 is 2.21 bits per heavy atom. The normalized spacial score (nSPS) is 10.7. The second kappa shape index (κ2) is 3.67. The third kappa shape index (κ3) is 1.70. The van der Waals surface area contributed by atoms with Gasteiger partial charge in [-0.15, -0.1) is 0 Å². The van der Waals surface area contributed by atoms with Crippen molar-refractivity contribution in [2.75, 3.05) is 6.54 Å². The average Bonchev–Trinajstić information content (AvgIpc) is 2.17. The molecular weight excluding hydrogens is 181 g/mol. The molecule has 0 saturated carbocycles. The maximum atomic E-state index is 12.9. The second-order valence-corrected chi connectivity index (χ2v) is 3.03. The highest BCUT2D eigenvalue weighted by Gasteiger charge is 2.00. The molecule has 3 nitrogen and oxygen atoms in total. The fourth-order valence-electron chi connectivity index (χ4n) is 1.28. The summed E-state index contributed by atoms with van der Waals surface area (Å²) in [6, 6.07) is 4.46. The fraction of sp³-hybridized carbons (Fsp3) is 0.200. The predicted octanol–water partition coefficient (Wildman–Crippen LogP) is 1.27. The lowest BCUT2D eigenvalue weighted by Gasteiger charge is -2.00. The number of aromatic nitrogens is 2. The van der Waals surface area contributed by atoms with Crippen LogP contribution in [0.3, 0.4) is 0 Å². The number of hydrogen-bond acceptors (Lipinski definition) is 3. The van der Waals surface area contributed by atoms with E-state index < -0.39 is 0 Å². The van der Waals surface area contributed by atoms with E-state index in [1.165, 1.54) is 12.1 Å². The van der Waals surface area contributed by atoms with Crippen molar-refractivity contribution < 1.29 is 4.39 Å². The summed E-state index contributed by atoms with van der Waals surface area (Å²) in [5.74, 6) is 0.375. The van der Waals surface area contributed by atoms with E-state index in [0.717, 1.165) is 5.39 Å². The molecule has 0 unspecified atom stereocenters. The van der Waals surface area contributed by atoms with E-state index in [-0.39, 0.29) is 5.82 Å². The molecule has 1 aromatic heterocycles. The van der Waals surface area contributed by atoms with Gasteiger partial charge >= 0.3 is 0 Å². The van der Waals surface area contributed by atoms with E-state index in [4.69, 9.17) is 5.73 Å². The molecule has 0 aliphatic rings. The largest absolute Gasteiger partial charge is 0.330 e. The van der Waals surface area contributed by atoms with Crippen molar-refractivity contribution in [2.24, 2.45) is 5.73 Å². The topological polar surface area (TPSA) is 51.8 Å². The highest BCUT2D eigenvalue weighted by molar-refractivity contribution is 5.77. The Labute approximate surface area is 80.8 Å². The molecule has 2 rings (SSSR count). The Morgan fingerprint density at radius 3 is 3.00 bits per heavy atom. The van der Waals surface area contributed by atoms with Gasteiger partial charge in [0.15, 0.2) is 0 Å². The van der Waals surface area contributed by atoms with Gasteiger partial charge in [-0.2, -0.15) is 0 Å². The molecule has 0 bridgehead atoms. The van der Waals surface area contributed by atoms with Crippen molar-refractivity contribution in [1.82, 2.24) is 9.97 Å². The Bertz CT molecular complexity index is 456. The molecule has 72 valence electrons. The van der Waals surface area contributed by atoms with Gasteiger partial charge in [-0.05, 0) is 18.7 Å². The summed E-state index contributed by atoms with van der Waals surface area (Å²) in [6.07, 6.45) is 2.30. The predicted molar refractivity (Wildman–Crippen MR) is 52.3 cm³/mol. The Morgan fingerprint density at radius 1 is 1.36 bits per heavy atom. The molecular formula is C10H10FN3. The van der Waals surface area contributed by atoms with E-state index in [2.05, 4.69) is 9.97 Å². The maximum Gasteiger partial charge on any atom is 0.130 e. The standard InChI is InChI=1S/C10H10FN3/c11-8-2-1-7-6-13-10(3-4-12)14-9(7)5-8/h1-2,5-6H,3-4,12H2. The minimum atomic E-state index is -0.283. The number of halogens is 1. The van der Waals surface area contributed by atoms with Gasteiger partial charge in [0.2, 0.25) is 0 Å². The first-order valence-electron chi connectivity index (χ1n) is 4.41. The van der Waals surface area contributed by atoms with Gasteiger partial charge in [-0.3, -0.25) is 0 Å². The van der Waals surface area contributed by atoms with Gasteiger partial charge in [-0.1, -0.05) is 0 Å². The summed E-state index contributed by atoms with van der Waals surface area (Å²) in [5.41, 5.74) is 6.01. The molecule has 0 fully saturated rings. The number of hydrogen-bond donors (Lipinski definition) is 1. The number of nitrogens with two attached hydrogens (primary N) is 1. The molecule has 4 heteroatoms. The van der Waals surface area contributed by atoms with Crippen LogP contribution >= 0.6 is 0 Å². The minimum absolute atomic E-state index is 0.283. The first-order valence-corrected chi connectivity index (χ1v) is 4.41. The lowest BCUT2D eigenvalue weighted by Crippen LogP contribution is -2.06. The fourth-order valence-corrected chi connectivity index (χ4v) is 1.28. The van der Waals surface area contributed by atoms with E-state index >= 15 is 0 Å².